The van der Waals surface area contributed by atoms with Crippen LogP contribution in [0.2, 0.25) is 0 Å². The molecule has 4 heteroatoms. The van der Waals surface area contributed by atoms with Crippen molar-refractivity contribution >= 4 is 27.5 Å². The third kappa shape index (κ3) is 3.09. The average molecular weight is 295 g/mol. The van der Waals surface area contributed by atoms with E-state index < -0.39 is 0 Å². The molecule has 0 aliphatic carbocycles. The van der Waals surface area contributed by atoms with Gasteiger partial charge in [0, 0.05) is 21.6 Å². The van der Waals surface area contributed by atoms with Crippen molar-refractivity contribution in [3.63, 3.8) is 0 Å². The Morgan fingerprint density at radius 1 is 1.18 bits per heavy atom. The maximum atomic E-state index is 5.25. The van der Waals surface area contributed by atoms with E-state index in [1.54, 1.807) is 0 Å². The van der Waals surface area contributed by atoms with Crippen LogP contribution >= 0.6 is 15.9 Å². The summed E-state index contributed by atoms with van der Waals surface area (Å²) in [4.78, 5) is 0. The van der Waals surface area contributed by atoms with Crippen molar-refractivity contribution in [2.45, 2.75) is 26.2 Å². The summed E-state index contributed by atoms with van der Waals surface area (Å²) < 4.78 is 6.30. The van der Waals surface area contributed by atoms with Crippen LogP contribution in [0.3, 0.4) is 0 Å². The molecule has 0 fully saturated rings. The number of nitrogens with zero attached hydrogens (tertiary/aromatic N) is 1. The van der Waals surface area contributed by atoms with Crippen LogP contribution < -0.4 is 5.32 Å². The Labute approximate surface area is 109 Å². The van der Waals surface area contributed by atoms with Gasteiger partial charge >= 0.3 is 0 Å². The lowest BCUT2D eigenvalue weighted by atomic mass is 9.92. The molecule has 3 nitrogen and oxygen atoms in total. The summed E-state index contributed by atoms with van der Waals surface area (Å²) >= 11 is 3.40. The lowest BCUT2D eigenvalue weighted by molar-refractivity contribution is 0.404. The first kappa shape index (κ1) is 12.2. The predicted molar refractivity (Wildman–Crippen MR) is 72.6 cm³/mol. The minimum atomic E-state index is 0.00312. The Bertz CT molecular complexity index is 497. The predicted octanol–water partition coefficient (Wildman–Crippen LogP) is 4.48. The number of hydrogen-bond donors (Lipinski definition) is 1. The second-order valence-corrected chi connectivity index (χ2v) is 5.87. The van der Waals surface area contributed by atoms with Crippen LogP contribution in [0.5, 0.6) is 0 Å². The molecule has 0 saturated carbocycles. The van der Waals surface area contributed by atoms with Gasteiger partial charge in [-0.2, -0.15) is 0 Å². The third-order valence-electron chi connectivity index (χ3n) is 2.39. The molecule has 2 rings (SSSR count). The number of anilines is 2. The summed E-state index contributed by atoms with van der Waals surface area (Å²) in [5.41, 5.74) is 1.92. The summed E-state index contributed by atoms with van der Waals surface area (Å²) in [6.45, 7) is 6.32. The van der Waals surface area contributed by atoms with E-state index in [0.717, 1.165) is 15.9 Å². The number of hydrogen-bond acceptors (Lipinski definition) is 3. The summed E-state index contributed by atoms with van der Waals surface area (Å²) in [6.07, 6.45) is 0. The Hall–Kier alpha value is -1.29. The van der Waals surface area contributed by atoms with Crippen LogP contribution in [0.4, 0.5) is 11.6 Å². The van der Waals surface area contributed by atoms with Crippen LogP contribution in [0.1, 0.15) is 26.5 Å². The first-order valence-corrected chi connectivity index (χ1v) is 6.24. The van der Waals surface area contributed by atoms with E-state index in [0.29, 0.717) is 5.88 Å². The Balaban J connectivity index is 2.14. The molecule has 0 bridgehead atoms. The number of nitrogens with one attached hydrogen (secondary N) is 1. The topological polar surface area (TPSA) is 38.1 Å². The second-order valence-electron chi connectivity index (χ2n) is 4.96. The molecule has 0 aliphatic rings. The molecule has 1 aromatic heterocycles. The molecule has 1 N–H and O–H groups in total. The van der Waals surface area contributed by atoms with Crippen LogP contribution in [-0.4, -0.2) is 5.16 Å². The van der Waals surface area contributed by atoms with Gasteiger partial charge in [-0.1, -0.05) is 41.9 Å². The van der Waals surface area contributed by atoms with Crippen molar-refractivity contribution in [1.82, 2.24) is 5.16 Å². The van der Waals surface area contributed by atoms with Crippen LogP contribution in [-0.2, 0) is 5.41 Å². The van der Waals surface area contributed by atoms with Gasteiger partial charge in [-0.3, -0.25) is 0 Å². The highest BCUT2D eigenvalue weighted by Crippen LogP contribution is 2.25. The van der Waals surface area contributed by atoms with Crippen molar-refractivity contribution in [3.05, 3.63) is 40.5 Å². The normalized spacial score (nSPS) is 11.5. The molecule has 0 radical (unpaired) electrons. The molecule has 1 aromatic carbocycles. The largest absolute Gasteiger partial charge is 0.338 e. The lowest BCUT2D eigenvalue weighted by Crippen LogP contribution is -2.10. The van der Waals surface area contributed by atoms with E-state index >= 15 is 0 Å². The Morgan fingerprint density at radius 3 is 2.35 bits per heavy atom. The fourth-order valence-corrected chi connectivity index (χ4v) is 1.63. The van der Waals surface area contributed by atoms with E-state index in [1.165, 1.54) is 0 Å². The van der Waals surface area contributed by atoms with E-state index in [1.807, 2.05) is 30.3 Å². The molecule has 0 aliphatic heterocycles. The third-order valence-corrected chi connectivity index (χ3v) is 2.92. The first-order valence-electron chi connectivity index (χ1n) is 5.45. The maximum Gasteiger partial charge on any atom is 0.229 e. The smallest absolute Gasteiger partial charge is 0.229 e. The summed E-state index contributed by atoms with van der Waals surface area (Å²) in [6, 6.07) is 9.83. The maximum absolute atomic E-state index is 5.25. The first-order chi connectivity index (χ1) is 7.95. The quantitative estimate of drug-likeness (QED) is 0.887. The highest BCUT2D eigenvalue weighted by molar-refractivity contribution is 9.10. The zero-order chi connectivity index (χ0) is 12.5. The zero-order valence-electron chi connectivity index (χ0n) is 10.1. The lowest BCUT2D eigenvalue weighted by Gasteiger charge is -2.12. The molecule has 0 spiro atoms. The van der Waals surface area contributed by atoms with Gasteiger partial charge in [0.05, 0.1) is 5.69 Å². The second kappa shape index (κ2) is 4.53. The Morgan fingerprint density at radius 2 is 1.82 bits per heavy atom. The van der Waals surface area contributed by atoms with E-state index in [4.69, 9.17) is 4.52 Å². The average Bonchev–Trinajstić information content (AvgIpc) is 2.69. The van der Waals surface area contributed by atoms with Gasteiger partial charge in [0.1, 0.15) is 0 Å². The molecule has 17 heavy (non-hydrogen) atoms. The van der Waals surface area contributed by atoms with Crippen LogP contribution in [0, 0.1) is 0 Å². The molecule has 0 atom stereocenters. The van der Waals surface area contributed by atoms with Crippen molar-refractivity contribution < 1.29 is 4.52 Å². The Kier molecular flexibility index (Phi) is 3.24. The van der Waals surface area contributed by atoms with E-state index in [9.17, 15) is 0 Å². The van der Waals surface area contributed by atoms with Crippen molar-refractivity contribution in [2.24, 2.45) is 0 Å². The van der Waals surface area contributed by atoms with Gasteiger partial charge in [0.2, 0.25) is 5.88 Å². The number of aromatic nitrogens is 1. The molecule has 0 saturated heterocycles. The van der Waals surface area contributed by atoms with Gasteiger partial charge < -0.3 is 9.84 Å². The molecule has 90 valence electrons. The van der Waals surface area contributed by atoms with Gasteiger partial charge in [-0.25, -0.2) is 0 Å². The molecular formula is C13H15BrN2O. The zero-order valence-corrected chi connectivity index (χ0v) is 11.7. The van der Waals surface area contributed by atoms with Gasteiger partial charge in [0.25, 0.3) is 0 Å². The van der Waals surface area contributed by atoms with Crippen LogP contribution in [0.25, 0.3) is 0 Å². The number of benzene rings is 1. The molecule has 1 heterocycles. The standard InChI is InChI=1S/C13H15BrN2O/c1-13(2,3)11-8-12(17-16-11)15-10-6-4-9(14)5-7-10/h4-8,15H,1-3H3. The summed E-state index contributed by atoms with van der Waals surface area (Å²) in [5, 5.41) is 7.23. The SMILES string of the molecule is CC(C)(C)c1cc(Nc2ccc(Br)cc2)on1. The van der Waals surface area contributed by atoms with Gasteiger partial charge in [-0.15, -0.1) is 0 Å². The monoisotopic (exact) mass is 294 g/mol. The molecule has 0 unspecified atom stereocenters. The molecule has 0 amide bonds. The number of rotatable bonds is 2. The minimum Gasteiger partial charge on any atom is -0.338 e. The fraction of sp³-hybridized carbons (Fsp3) is 0.308. The highest BCUT2D eigenvalue weighted by atomic mass is 79.9. The molecule has 2 aromatic rings. The highest BCUT2D eigenvalue weighted by Gasteiger charge is 2.18. The summed E-state index contributed by atoms with van der Waals surface area (Å²) in [5.74, 6) is 0.664. The van der Waals surface area contributed by atoms with Crippen LogP contribution in [0.15, 0.2) is 39.3 Å². The van der Waals surface area contributed by atoms with Crippen molar-refractivity contribution in [3.8, 4) is 0 Å². The minimum absolute atomic E-state index is 0.00312. The van der Waals surface area contributed by atoms with Crippen molar-refractivity contribution in [2.75, 3.05) is 5.32 Å². The van der Waals surface area contributed by atoms with E-state index in [-0.39, 0.29) is 5.41 Å². The number of halogens is 1. The molecular weight excluding hydrogens is 280 g/mol. The van der Waals surface area contributed by atoms with Gasteiger partial charge in [0.15, 0.2) is 0 Å². The van der Waals surface area contributed by atoms with E-state index in [2.05, 4.69) is 47.2 Å². The van der Waals surface area contributed by atoms with Gasteiger partial charge in [-0.05, 0) is 24.3 Å². The summed E-state index contributed by atoms with van der Waals surface area (Å²) in [7, 11) is 0. The fourth-order valence-electron chi connectivity index (χ4n) is 1.36. The van der Waals surface area contributed by atoms with Crippen molar-refractivity contribution in [1.29, 1.82) is 0 Å².